The highest BCUT2D eigenvalue weighted by atomic mass is 19.4. The molecule has 24 heavy (non-hydrogen) atoms. The Kier molecular flexibility index (Phi) is 3.45. The van der Waals surface area contributed by atoms with E-state index in [2.05, 4.69) is 0 Å². The van der Waals surface area contributed by atoms with Crippen LogP contribution in [-0.4, -0.2) is 29.6 Å². The number of benzene rings is 1. The minimum absolute atomic E-state index is 0.00672. The Morgan fingerprint density at radius 3 is 1.12 bits per heavy atom. The zero-order valence-corrected chi connectivity index (χ0v) is 11.0. The summed E-state index contributed by atoms with van der Waals surface area (Å²) in [6, 6.07) is 0.970. The number of anilines is 1. The van der Waals surface area contributed by atoms with Crippen LogP contribution in [0.3, 0.4) is 0 Å². The van der Waals surface area contributed by atoms with E-state index in [0.717, 1.165) is 0 Å². The standard InChI is InChI=1S/C12H6F11N/c13-7(5-1-3-6(24)4-2-5)8(14,15)10(18,19)12(22,23)11(20,21)9(7,16)17/h1-4H,24H2. The van der Waals surface area contributed by atoms with E-state index in [1.165, 1.54) is 0 Å². The molecule has 1 saturated carbocycles. The van der Waals surface area contributed by atoms with Gasteiger partial charge in [-0.2, -0.15) is 43.9 Å². The molecule has 0 heterocycles. The Morgan fingerprint density at radius 2 is 0.792 bits per heavy atom. The normalized spacial score (nSPS) is 28.3. The van der Waals surface area contributed by atoms with E-state index in [0.29, 0.717) is 12.1 Å². The Hall–Kier alpha value is -1.75. The molecule has 0 spiro atoms. The first-order valence-corrected chi connectivity index (χ1v) is 5.94. The van der Waals surface area contributed by atoms with Gasteiger partial charge in [0, 0.05) is 11.3 Å². The second kappa shape index (κ2) is 4.45. The first-order chi connectivity index (χ1) is 10.5. The van der Waals surface area contributed by atoms with Crippen molar-refractivity contribution in [1.82, 2.24) is 0 Å². The first kappa shape index (κ1) is 18.6. The molecule has 2 N–H and O–H groups in total. The summed E-state index contributed by atoms with van der Waals surface area (Å²) in [5.41, 5.74) is -3.45. The summed E-state index contributed by atoms with van der Waals surface area (Å²) in [6.07, 6.45) is 0. The molecule has 12 heteroatoms. The fourth-order valence-corrected chi connectivity index (χ4v) is 2.30. The van der Waals surface area contributed by atoms with E-state index in [4.69, 9.17) is 5.73 Å². The Balaban J connectivity index is 2.90. The molecule has 1 aliphatic carbocycles. The zero-order valence-electron chi connectivity index (χ0n) is 11.0. The molecule has 0 radical (unpaired) electrons. The monoisotopic (exact) mass is 373 g/mol. The molecule has 0 aromatic heterocycles. The Morgan fingerprint density at radius 1 is 0.500 bits per heavy atom. The number of alkyl halides is 11. The highest BCUT2D eigenvalue weighted by Crippen LogP contribution is 2.72. The number of halogens is 11. The molecule has 1 aromatic carbocycles. The van der Waals surface area contributed by atoms with Crippen LogP contribution in [0.1, 0.15) is 5.56 Å². The van der Waals surface area contributed by atoms with Crippen molar-refractivity contribution in [3.8, 4) is 0 Å². The lowest BCUT2D eigenvalue weighted by Crippen LogP contribution is -2.82. The van der Waals surface area contributed by atoms with Gasteiger partial charge in [0.15, 0.2) is 0 Å². The molecule has 0 amide bonds. The number of hydrogen-bond donors (Lipinski definition) is 1. The van der Waals surface area contributed by atoms with Crippen LogP contribution < -0.4 is 5.73 Å². The Labute approximate surface area is 126 Å². The van der Waals surface area contributed by atoms with Crippen LogP contribution in [0.5, 0.6) is 0 Å². The second-order valence-electron chi connectivity index (χ2n) is 5.15. The van der Waals surface area contributed by atoms with Gasteiger partial charge < -0.3 is 5.73 Å². The van der Waals surface area contributed by atoms with Crippen molar-refractivity contribution in [1.29, 1.82) is 0 Å². The van der Waals surface area contributed by atoms with Gasteiger partial charge in [0.05, 0.1) is 0 Å². The number of nitrogen functional groups attached to an aromatic ring is 1. The summed E-state index contributed by atoms with van der Waals surface area (Å²) >= 11 is 0. The molecule has 1 aromatic rings. The number of rotatable bonds is 1. The summed E-state index contributed by atoms with van der Waals surface area (Å²) in [7, 11) is 0. The molecule has 1 aliphatic rings. The van der Waals surface area contributed by atoms with Crippen LogP contribution in [0.2, 0.25) is 0 Å². The highest BCUT2D eigenvalue weighted by molar-refractivity contribution is 5.44. The predicted molar refractivity (Wildman–Crippen MR) is 58.4 cm³/mol. The molecule has 0 bridgehead atoms. The summed E-state index contributed by atoms with van der Waals surface area (Å²) in [5, 5.41) is 0. The van der Waals surface area contributed by atoms with Gasteiger partial charge in [0.1, 0.15) is 0 Å². The van der Waals surface area contributed by atoms with Gasteiger partial charge in [0.25, 0.3) is 5.67 Å². The first-order valence-electron chi connectivity index (χ1n) is 5.94. The minimum Gasteiger partial charge on any atom is -0.399 e. The summed E-state index contributed by atoms with van der Waals surface area (Å²) in [6.45, 7) is 0. The average Bonchev–Trinajstić information content (AvgIpc) is 2.45. The van der Waals surface area contributed by atoms with Gasteiger partial charge in [-0.3, -0.25) is 0 Å². The van der Waals surface area contributed by atoms with E-state index < -0.39 is 40.8 Å². The van der Waals surface area contributed by atoms with Crippen LogP contribution in [0.15, 0.2) is 24.3 Å². The fourth-order valence-electron chi connectivity index (χ4n) is 2.30. The number of hydrogen-bond acceptors (Lipinski definition) is 1. The van der Waals surface area contributed by atoms with E-state index >= 15 is 0 Å². The maximum Gasteiger partial charge on any atom is 0.384 e. The molecule has 0 aliphatic heterocycles. The van der Waals surface area contributed by atoms with Gasteiger partial charge in [-0.1, -0.05) is 12.1 Å². The van der Waals surface area contributed by atoms with Crippen LogP contribution in [0.25, 0.3) is 0 Å². The minimum atomic E-state index is -7.21. The van der Waals surface area contributed by atoms with Gasteiger partial charge >= 0.3 is 29.6 Å². The zero-order chi connectivity index (χ0) is 19.0. The third-order valence-corrected chi connectivity index (χ3v) is 3.75. The third-order valence-electron chi connectivity index (χ3n) is 3.75. The van der Waals surface area contributed by atoms with Crippen molar-refractivity contribution >= 4 is 5.69 Å². The molecule has 1 fully saturated rings. The largest absolute Gasteiger partial charge is 0.399 e. The summed E-state index contributed by atoms with van der Waals surface area (Å²) in [4.78, 5) is 0. The highest BCUT2D eigenvalue weighted by Gasteiger charge is 3.01. The molecule has 0 saturated heterocycles. The van der Waals surface area contributed by atoms with Gasteiger partial charge in [-0.15, -0.1) is 0 Å². The molecule has 0 atom stereocenters. The van der Waals surface area contributed by atoms with E-state index in [9.17, 15) is 48.3 Å². The second-order valence-corrected chi connectivity index (χ2v) is 5.15. The molecule has 2 rings (SSSR count). The van der Waals surface area contributed by atoms with Crippen molar-refractivity contribution < 1.29 is 48.3 Å². The van der Waals surface area contributed by atoms with Gasteiger partial charge in [-0.25, -0.2) is 4.39 Å². The average molecular weight is 373 g/mol. The van der Waals surface area contributed by atoms with Crippen molar-refractivity contribution in [3.63, 3.8) is 0 Å². The summed E-state index contributed by atoms with van der Waals surface area (Å²) < 4.78 is 148. The molecular weight excluding hydrogens is 367 g/mol. The van der Waals surface area contributed by atoms with Crippen molar-refractivity contribution in [3.05, 3.63) is 29.8 Å². The van der Waals surface area contributed by atoms with Crippen LogP contribution in [0.4, 0.5) is 54.0 Å². The fraction of sp³-hybridized carbons (Fsp3) is 0.500. The maximum absolute atomic E-state index is 14.5. The summed E-state index contributed by atoms with van der Waals surface area (Å²) in [5.74, 6) is -35.2. The van der Waals surface area contributed by atoms with Crippen molar-refractivity contribution in [2.45, 2.75) is 35.3 Å². The topological polar surface area (TPSA) is 26.0 Å². The lowest BCUT2D eigenvalue weighted by Gasteiger charge is -2.52. The smallest absolute Gasteiger partial charge is 0.384 e. The molecular formula is C12H6F11N. The maximum atomic E-state index is 14.5. The van der Waals surface area contributed by atoms with Gasteiger partial charge in [-0.05, 0) is 12.1 Å². The molecule has 136 valence electrons. The third kappa shape index (κ3) is 1.61. The predicted octanol–water partition coefficient (Wildman–Crippen LogP) is 4.62. The van der Waals surface area contributed by atoms with Crippen molar-refractivity contribution in [2.75, 3.05) is 5.73 Å². The lowest BCUT2D eigenvalue weighted by atomic mass is 9.69. The SMILES string of the molecule is Nc1ccc(C2(F)C(F)(F)C(F)(F)C(F)(F)C(F)(F)C2(F)F)cc1. The molecule has 1 nitrogen and oxygen atoms in total. The van der Waals surface area contributed by atoms with Crippen LogP contribution in [0, 0.1) is 0 Å². The van der Waals surface area contributed by atoms with E-state index in [-0.39, 0.29) is 17.8 Å². The quantitative estimate of drug-likeness (QED) is 0.564. The lowest BCUT2D eigenvalue weighted by molar-refractivity contribution is -0.489. The molecule has 0 unspecified atom stereocenters. The van der Waals surface area contributed by atoms with E-state index in [1.54, 1.807) is 0 Å². The van der Waals surface area contributed by atoms with Crippen LogP contribution >= 0.6 is 0 Å². The van der Waals surface area contributed by atoms with E-state index in [1.807, 2.05) is 0 Å². The Bertz CT molecular complexity index is 619. The number of nitrogens with two attached hydrogens (primary N) is 1. The van der Waals surface area contributed by atoms with Gasteiger partial charge in [0.2, 0.25) is 0 Å². The van der Waals surface area contributed by atoms with Crippen LogP contribution in [-0.2, 0) is 5.67 Å². The van der Waals surface area contributed by atoms with Crippen molar-refractivity contribution in [2.24, 2.45) is 0 Å².